The summed E-state index contributed by atoms with van der Waals surface area (Å²) in [6.07, 6.45) is 2.77. The monoisotopic (exact) mass is 453 g/mol. The maximum Gasteiger partial charge on any atom is 0.303 e. The van der Waals surface area contributed by atoms with Crippen LogP contribution in [0.2, 0.25) is 0 Å². The van der Waals surface area contributed by atoms with Gasteiger partial charge in [-0.15, -0.1) is 0 Å². The van der Waals surface area contributed by atoms with Gasteiger partial charge in [0.15, 0.2) is 0 Å². The second-order valence-electron chi connectivity index (χ2n) is 9.83. The minimum absolute atomic E-state index is 0.0283. The molecule has 2 N–H and O–H groups in total. The molecule has 6 heteroatoms. The molecule has 0 radical (unpaired) electrons. The van der Waals surface area contributed by atoms with Gasteiger partial charge in [0.25, 0.3) is 0 Å². The number of carboxylic acids is 1. The standard InChI is InChI=1S/C27H32FNO4/c1-5-6-13-27(14-12-22(31)32)24-23-20(8-7-9-21(23)30)29(25(24)26(3,4)16-33-27)18-10-11-19(28)17(2)15-18/h7-11,15,30H,5-6,12-14,16H2,1-4H3,(H,31,32)/t27-/m1/s1. The van der Waals surface area contributed by atoms with Crippen molar-refractivity contribution >= 4 is 16.9 Å². The number of hydrogen-bond acceptors (Lipinski definition) is 3. The molecule has 0 bridgehead atoms. The fourth-order valence-electron chi connectivity index (χ4n) is 5.19. The van der Waals surface area contributed by atoms with Crippen LogP contribution in [0.5, 0.6) is 5.75 Å². The third-order valence-corrected chi connectivity index (χ3v) is 6.85. The number of halogens is 1. The molecule has 1 aliphatic heterocycles. The first-order valence-corrected chi connectivity index (χ1v) is 11.6. The molecule has 0 fully saturated rings. The van der Waals surface area contributed by atoms with Crippen molar-refractivity contribution in [2.75, 3.05) is 6.61 Å². The van der Waals surface area contributed by atoms with E-state index in [1.165, 1.54) is 6.07 Å². The zero-order valence-electron chi connectivity index (χ0n) is 19.7. The van der Waals surface area contributed by atoms with E-state index in [2.05, 4.69) is 25.3 Å². The highest BCUT2D eigenvalue weighted by atomic mass is 19.1. The van der Waals surface area contributed by atoms with Crippen LogP contribution >= 0.6 is 0 Å². The lowest BCUT2D eigenvalue weighted by Crippen LogP contribution is -2.44. The predicted molar refractivity (Wildman–Crippen MR) is 127 cm³/mol. The van der Waals surface area contributed by atoms with Crippen LogP contribution in [0.15, 0.2) is 36.4 Å². The Morgan fingerprint density at radius 1 is 1.21 bits per heavy atom. The average molecular weight is 454 g/mol. The molecular weight excluding hydrogens is 421 g/mol. The summed E-state index contributed by atoms with van der Waals surface area (Å²) in [6, 6.07) is 10.4. The normalized spacial score (nSPS) is 19.5. The molecule has 0 saturated heterocycles. The number of fused-ring (bicyclic) bond motifs is 3. The van der Waals surface area contributed by atoms with Crippen LogP contribution < -0.4 is 0 Å². The maximum absolute atomic E-state index is 14.1. The Bertz CT molecular complexity index is 1210. The van der Waals surface area contributed by atoms with Crippen molar-refractivity contribution in [1.29, 1.82) is 0 Å². The molecular formula is C27H32FNO4. The molecule has 0 saturated carbocycles. The molecule has 0 aliphatic carbocycles. The molecule has 1 aromatic heterocycles. The van der Waals surface area contributed by atoms with Gasteiger partial charge in [-0.05, 0) is 55.7 Å². The predicted octanol–water partition coefficient (Wildman–Crippen LogP) is 6.34. The van der Waals surface area contributed by atoms with Crippen molar-refractivity contribution in [3.05, 3.63) is 59.0 Å². The Morgan fingerprint density at radius 3 is 2.64 bits per heavy atom. The molecule has 1 atom stereocenters. The number of phenols is 1. The van der Waals surface area contributed by atoms with E-state index in [4.69, 9.17) is 4.74 Å². The summed E-state index contributed by atoms with van der Waals surface area (Å²) in [5, 5.41) is 21.2. The van der Waals surface area contributed by atoms with Gasteiger partial charge in [0, 0.05) is 34.2 Å². The number of phenolic OH excluding ortho intramolecular Hbond substituents is 1. The summed E-state index contributed by atoms with van der Waals surface area (Å²) in [7, 11) is 0. The number of aromatic nitrogens is 1. The van der Waals surface area contributed by atoms with Crippen molar-refractivity contribution < 1.29 is 24.1 Å². The van der Waals surface area contributed by atoms with Crippen molar-refractivity contribution in [2.24, 2.45) is 0 Å². The van der Waals surface area contributed by atoms with Crippen LogP contribution in [0.4, 0.5) is 4.39 Å². The van der Waals surface area contributed by atoms with Crippen molar-refractivity contribution in [2.45, 2.75) is 70.8 Å². The number of benzene rings is 2. The van der Waals surface area contributed by atoms with Gasteiger partial charge >= 0.3 is 5.97 Å². The minimum atomic E-state index is -0.872. The van der Waals surface area contributed by atoms with Crippen LogP contribution in [-0.2, 0) is 20.5 Å². The Morgan fingerprint density at radius 2 is 1.97 bits per heavy atom. The molecule has 2 aromatic carbocycles. The van der Waals surface area contributed by atoms with E-state index in [1.54, 1.807) is 25.1 Å². The summed E-state index contributed by atoms with van der Waals surface area (Å²) in [5.41, 5.74) is 2.76. The number of unbranched alkanes of at least 4 members (excludes halogenated alkanes) is 1. The van der Waals surface area contributed by atoms with E-state index >= 15 is 0 Å². The number of hydrogen-bond donors (Lipinski definition) is 2. The second-order valence-corrected chi connectivity index (χ2v) is 9.83. The van der Waals surface area contributed by atoms with E-state index < -0.39 is 17.0 Å². The number of carbonyl (C=O) groups is 1. The summed E-state index contributed by atoms with van der Waals surface area (Å²) in [4.78, 5) is 11.6. The topological polar surface area (TPSA) is 71.7 Å². The quantitative estimate of drug-likeness (QED) is 0.438. The second kappa shape index (κ2) is 8.49. The number of ether oxygens (including phenoxy) is 1. The molecule has 33 heavy (non-hydrogen) atoms. The van der Waals surface area contributed by atoms with Crippen molar-refractivity contribution in [3.8, 4) is 11.4 Å². The summed E-state index contributed by atoms with van der Waals surface area (Å²) in [6.45, 7) is 8.44. The molecule has 1 aliphatic rings. The molecule has 3 aromatic rings. The van der Waals surface area contributed by atoms with Gasteiger partial charge in [0.1, 0.15) is 11.6 Å². The van der Waals surface area contributed by atoms with E-state index in [9.17, 15) is 19.4 Å². The fraction of sp³-hybridized carbons (Fsp3) is 0.444. The third-order valence-electron chi connectivity index (χ3n) is 6.85. The number of aliphatic carboxylic acids is 1. The third kappa shape index (κ3) is 3.90. The number of aryl methyl sites for hydroxylation is 1. The average Bonchev–Trinajstić information content (AvgIpc) is 3.13. The SMILES string of the molecule is CCCC[C@]1(CCC(=O)O)OCC(C)(C)c2c1c1c(O)cccc1n2-c1ccc(F)c(C)c1. The summed E-state index contributed by atoms with van der Waals surface area (Å²) in [5.74, 6) is -1.00. The zero-order valence-corrected chi connectivity index (χ0v) is 19.7. The summed E-state index contributed by atoms with van der Waals surface area (Å²) >= 11 is 0. The molecule has 5 nitrogen and oxygen atoms in total. The lowest BCUT2D eigenvalue weighted by Gasteiger charge is -2.45. The summed E-state index contributed by atoms with van der Waals surface area (Å²) < 4.78 is 22.8. The molecule has 4 rings (SSSR count). The Labute approximate surface area is 193 Å². The van der Waals surface area contributed by atoms with Gasteiger partial charge in [-0.3, -0.25) is 4.79 Å². The highest BCUT2D eigenvalue weighted by molar-refractivity contribution is 5.94. The number of rotatable bonds is 7. The number of carboxylic acid groups (broad SMARTS) is 1. The minimum Gasteiger partial charge on any atom is -0.507 e. The van der Waals surface area contributed by atoms with Crippen LogP contribution in [0.1, 0.15) is 69.7 Å². The van der Waals surface area contributed by atoms with E-state index in [-0.39, 0.29) is 18.0 Å². The highest BCUT2D eigenvalue weighted by Gasteiger charge is 2.48. The van der Waals surface area contributed by atoms with Gasteiger partial charge < -0.3 is 19.5 Å². The molecule has 2 heterocycles. The Hall–Kier alpha value is -2.86. The first kappa shape index (κ1) is 23.3. The lowest BCUT2D eigenvalue weighted by atomic mass is 9.74. The molecule has 0 amide bonds. The van der Waals surface area contributed by atoms with E-state index in [1.807, 2.05) is 12.1 Å². The number of aromatic hydroxyl groups is 1. The van der Waals surface area contributed by atoms with Gasteiger partial charge in [0.2, 0.25) is 0 Å². The molecule has 0 unspecified atom stereocenters. The van der Waals surface area contributed by atoms with Gasteiger partial charge in [0.05, 0.1) is 17.7 Å². The number of nitrogens with zero attached hydrogens (tertiary/aromatic N) is 1. The lowest BCUT2D eigenvalue weighted by molar-refractivity contribution is -0.141. The Kier molecular flexibility index (Phi) is 5.99. The van der Waals surface area contributed by atoms with E-state index in [0.29, 0.717) is 30.4 Å². The van der Waals surface area contributed by atoms with Crippen LogP contribution in [0.25, 0.3) is 16.6 Å². The Balaban J connectivity index is 2.11. The van der Waals surface area contributed by atoms with Crippen molar-refractivity contribution in [1.82, 2.24) is 4.57 Å². The van der Waals surface area contributed by atoms with Crippen molar-refractivity contribution in [3.63, 3.8) is 0 Å². The van der Waals surface area contributed by atoms with Crippen LogP contribution in [0, 0.1) is 12.7 Å². The first-order chi connectivity index (χ1) is 15.6. The van der Waals surface area contributed by atoms with Gasteiger partial charge in [-0.2, -0.15) is 0 Å². The van der Waals surface area contributed by atoms with Gasteiger partial charge in [-0.1, -0.05) is 39.7 Å². The largest absolute Gasteiger partial charge is 0.507 e. The maximum atomic E-state index is 14.1. The molecule has 176 valence electrons. The van der Waals surface area contributed by atoms with Crippen LogP contribution in [-0.4, -0.2) is 27.4 Å². The zero-order chi connectivity index (χ0) is 24.0. The first-order valence-electron chi connectivity index (χ1n) is 11.6. The van der Waals surface area contributed by atoms with Crippen LogP contribution in [0.3, 0.4) is 0 Å². The van der Waals surface area contributed by atoms with Gasteiger partial charge in [-0.25, -0.2) is 4.39 Å². The fourth-order valence-corrected chi connectivity index (χ4v) is 5.19. The highest BCUT2D eigenvalue weighted by Crippen LogP contribution is 2.53. The van der Waals surface area contributed by atoms with E-state index in [0.717, 1.165) is 35.3 Å². The molecule has 0 spiro atoms. The smallest absolute Gasteiger partial charge is 0.303 e.